The van der Waals surface area contributed by atoms with E-state index in [1.165, 1.54) is 23.1 Å². The summed E-state index contributed by atoms with van der Waals surface area (Å²) in [5.74, 6) is -4.57. The zero-order chi connectivity index (χ0) is 46.5. The Kier molecular flexibility index (Phi) is 14.6. The molecule has 5 aromatic rings. The van der Waals surface area contributed by atoms with Crippen LogP contribution in [0.1, 0.15) is 60.4 Å². The van der Waals surface area contributed by atoms with Gasteiger partial charge in [0.25, 0.3) is 22.8 Å². The van der Waals surface area contributed by atoms with Crippen LogP contribution in [0, 0.1) is 0 Å². The van der Waals surface area contributed by atoms with Crippen molar-refractivity contribution in [3.8, 4) is 0 Å². The Morgan fingerprint density at radius 2 is 1.54 bits per heavy atom. The van der Waals surface area contributed by atoms with E-state index in [4.69, 9.17) is 14.6 Å². The Labute approximate surface area is 393 Å². The van der Waals surface area contributed by atoms with Gasteiger partial charge in [0.15, 0.2) is 16.4 Å². The van der Waals surface area contributed by atoms with E-state index in [9.17, 15) is 39.0 Å². The van der Waals surface area contributed by atoms with Gasteiger partial charge in [-0.3, -0.25) is 23.7 Å². The Morgan fingerprint density at radius 1 is 0.938 bits per heavy atom. The minimum absolute atomic E-state index is 0.0146. The van der Waals surface area contributed by atoms with E-state index in [1.807, 2.05) is 97.9 Å². The number of anilines is 1. The summed E-state index contributed by atoms with van der Waals surface area (Å²) in [5, 5.41) is 31.6. The van der Waals surface area contributed by atoms with Crippen LogP contribution in [-0.2, 0) is 34.3 Å². The fourth-order valence-electron chi connectivity index (χ4n) is 7.06. The van der Waals surface area contributed by atoms with E-state index in [1.54, 1.807) is 26.2 Å². The number of nitrogens with zero attached hydrogens (tertiary/aromatic N) is 3. The predicted octanol–water partition coefficient (Wildman–Crippen LogP) is 6.67. The molecule has 2 aliphatic heterocycles. The monoisotopic (exact) mass is 974 g/mol. The van der Waals surface area contributed by atoms with Crippen LogP contribution in [0.4, 0.5) is 5.13 Å². The van der Waals surface area contributed by atoms with Gasteiger partial charge in [-0.05, 0) is 48.8 Å². The van der Waals surface area contributed by atoms with Crippen molar-refractivity contribution in [3.05, 3.63) is 146 Å². The topological polar surface area (TPSA) is 230 Å². The van der Waals surface area contributed by atoms with Crippen LogP contribution < -0.4 is 16.2 Å². The van der Waals surface area contributed by atoms with Gasteiger partial charge in [-0.1, -0.05) is 115 Å². The first-order valence-electron chi connectivity index (χ1n) is 19.9. The average molecular weight is 975 g/mol. The summed E-state index contributed by atoms with van der Waals surface area (Å²) in [4.78, 5) is 89.6. The summed E-state index contributed by atoms with van der Waals surface area (Å²) >= 11 is 5.29. The zero-order valence-electron chi connectivity index (χ0n) is 35.1. The third kappa shape index (κ3) is 10.2. The number of benzene rings is 3. The predicted molar refractivity (Wildman–Crippen MR) is 253 cm³/mol. The van der Waals surface area contributed by atoms with Crippen LogP contribution in [0.25, 0.3) is 0 Å². The van der Waals surface area contributed by atoms with Crippen molar-refractivity contribution in [2.75, 3.05) is 22.6 Å². The zero-order valence-corrected chi connectivity index (χ0v) is 39.2. The smallest absolute Gasteiger partial charge is 0.361 e. The van der Waals surface area contributed by atoms with Gasteiger partial charge in [-0.15, -0.1) is 46.6 Å². The SMILES string of the molecule is CCSC(O/N=C(\C(=O)NC1C(=O)N2C(C(=O)O)=C(CSc3s[nH]c(=O)c3C(=O)O)CSC12)c1csc(NC(c2ccccc2)(c2ccccc2)c2ccccc2)n1)C(=O)OC(C)(C)C. The van der Waals surface area contributed by atoms with E-state index in [-0.39, 0.29) is 32.8 Å². The lowest BCUT2D eigenvalue weighted by molar-refractivity contribution is -0.162. The molecule has 338 valence electrons. The van der Waals surface area contributed by atoms with Gasteiger partial charge in [0, 0.05) is 16.9 Å². The minimum Gasteiger partial charge on any atom is -0.477 e. The number of thiazole rings is 1. The molecule has 4 heterocycles. The van der Waals surface area contributed by atoms with Gasteiger partial charge in [0.2, 0.25) is 0 Å². The molecule has 3 unspecified atom stereocenters. The number of carbonyl (C=O) groups is 5. The summed E-state index contributed by atoms with van der Waals surface area (Å²) < 4.78 is 8.12. The summed E-state index contributed by atoms with van der Waals surface area (Å²) in [6.07, 6.45) is 0. The quantitative estimate of drug-likeness (QED) is 0.0118. The number of aliphatic carboxylic acids is 1. The van der Waals surface area contributed by atoms with Gasteiger partial charge in [-0.25, -0.2) is 19.4 Å². The number of amides is 2. The number of carboxylic acid groups (broad SMARTS) is 2. The van der Waals surface area contributed by atoms with Crippen molar-refractivity contribution in [2.45, 2.75) is 59.9 Å². The molecule has 2 aliphatic rings. The van der Waals surface area contributed by atoms with Gasteiger partial charge in [0.1, 0.15) is 33.9 Å². The number of oxime groups is 1. The number of rotatable bonds is 18. The third-order valence-electron chi connectivity index (χ3n) is 9.83. The van der Waals surface area contributed by atoms with Crippen LogP contribution in [0.3, 0.4) is 0 Å². The molecule has 1 fully saturated rings. The first-order valence-corrected chi connectivity index (χ1v) is 24.7. The molecule has 7 rings (SSSR count). The number of nitrogens with one attached hydrogen (secondary N) is 3. The largest absolute Gasteiger partial charge is 0.477 e. The number of carboxylic acids is 2. The number of carbonyl (C=O) groups excluding carboxylic acids is 3. The Bertz CT molecular complexity index is 2600. The maximum atomic E-state index is 14.4. The number of H-pyrrole nitrogens is 1. The number of fused-ring (bicyclic) bond motifs is 1. The van der Waals surface area contributed by atoms with E-state index >= 15 is 0 Å². The van der Waals surface area contributed by atoms with Gasteiger partial charge >= 0.3 is 17.9 Å². The maximum absolute atomic E-state index is 14.4. The molecular formula is C44H42N6O10S5. The van der Waals surface area contributed by atoms with Gasteiger partial charge in [-0.2, -0.15) is 0 Å². The molecule has 65 heavy (non-hydrogen) atoms. The van der Waals surface area contributed by atoms with Crippen molar-refractivity contribution < 1.29 is 43.8 Å². The normalized spacial score (nSPS) is 16.8. The van der Waals surface area contributed by atoms with E-state index in [2.05, 4.69) is 20.2 Å². The van der Waals surface area contributed by atoms with E-state index < -0.39 is 68.8 Å². The first kappa shape index (κ1) is 47.1. The molecule has 5 N–H and O–H groups in total. The Morgan fingerprint density at radius 3 is 2.08 bits per heavy atom. The lowest BCUT2D eigenvalue weighted by Crippen LogP contribution is -2.71. The summed E-state index contributed by atoms with van der Waals surface area (Å²) in [7, 11) is 0. The molecule has 3 aromatic carbocycles. The van der Waals surface area contributed by atoms with Crippen LogP contribution in [-0.4, -0.2) is 99.6 Å². The van der Waals surface area contributed by atoms with E-state index in [0.717, 1.165) is 56.6 Å². The Balaban J connectivity index is 1.21. The highest BCUT2D eigenvalue weighted by Gasteiger charge is 2.54. The van der Waals surface area contributed by atoms with Crippen LogP contribution in [0.5, 0.6) is 0 Å². The standard InChI is InChI=1S/C44H42N6O10S5/c1-5-61-40(39(58)59-43(2,3)4)60-48-30(28-23-64-42(45-28)47-44(25-15-9-6-10-16-25,26-17-11-7-12-18-26)27-19-13-8-14-20-27)34(52)46-31-35(53)50-32(38(56)57)24(21-62-36(31)50)22-63-41-29(37(54)55)33(51)49-65-41/h6-20,23,31,36,40H,5,21-22H2,1-4H3,(H,45,47)(H,46,52)(H,49,51)(H,54,55)(H,56,57)/b48-30-. The molecule has 0 radical (unpaired) electrons. The third-order valence-corrected chi connectivity index (χ3v) is 15.1. The molecule has 0 aliphatic carbocycles. The summed E-state index contributed by atoms with van der Waals surface area (Å²) in [6, 6.07) is 28.3. The number of hydrogen-bond donors (Lipinski definition) is 5. The molecule has 0 saturated carbocycles. The molecule has 21 heteroatoms. The fraction of sp³-hybridized carbons (Fsp3) is 0.273. The summed E-state index contributed by atoms with van der Waals surface area (Å²) in [5.41, 5.74) is -1.86. The van der Waals surface area contributed by atoms with Gasteiger partial charge < -0.3 is 30.4 Å². The van der Waals surface area contributed by atoms with Crippen molar-refractivity contribution in [3.63, 3.8) is 0 Å². The minimum atomic E-state index is -1.42. The van der Waals surface area contributed by atoms with E-state index in [0.29, 0.717) is 16.5 Å². The number of hydrogen-bond acceptors (Lipinski definition) is 16. The second-order valence-electron chi connectivity index (χ2n) is 15.3. The molecule has 0 bridgehead atoms. The second-order valence-corrected chi connectivity index (χ2v) is 20.6. The number of aromatic carboxylic acids is 1. The number of thioether (sulfide) groups is 3. The Hall–Kier alpha value is -5.87. The highest BCUT2D eigenvalue weighted by molar-refractivity contribution is 8.02. The molecule has 0 spiro atoms. The van der Waals surface area contributed by atoms with Crippen LogP contribution in [0.2, 0.25) is 0 Å². The van der Waals surface area contributed by atoms with Crippen molar-refractivity contribution in [1.82, 2.24) is 19.6 Å². The first-order chi connectivity index (χ1) is 31.1. The highest BCUT2D eigenvalue weighted by Crippen LogP contribution is 2.43. The molecule has 3 atom stereocenters. The maximum Gasteiger partial charge on any atom is 0.361 e. The number of β-lactam (4-membered cyclic amide) rings is 1. The van der Waals surface area contributed by atoms with Crippen LogP contribution >= 0.6 is 58.2 Å². The molecule has 1 saturated heterocycles. The number of ether oxygens (including phenoxy) is 1. The fourth-order valence-corrected chi connectivity index (χ4v) is 11.9. The number of esters is 1. The molecule has 2 aromatic heterocycles. The molecule has 2 amide bonds. The second kappa shape index (κ2) is 20.1. The van der Waals surface area contributed by atoms with Crippen molar-refractivity contribution >= 4 is 98.7 Å². The average Bonchev–Trinajstić information content (AvgIpc) is 3.91. The van der Waals surface area contributed by atoms with Crippen molar-refractivity contribution in [2.24, 2.45) is 5.16 Å². The molecular weight excluding hydrogens is 933 g/mol. The van der Waals surface area contributed by atoms with Crippen LogP contribution in [0.15, 0.2) is 122 Å². The van der Waals surface area contributed by atoms with Crippen molar-refractivity contribution in [1.29, 1.82) is 0 Å². The highest BCUT2D eigenvalue weighted by atomic mass is 32.2. The van der Waals surface area contributed by atoms with Gasteiger partial charge in [0.05, 0.1) is 4.21 Å². The number of aromatic amines is 1. The molecule has 16 nitrogen and oxygen atoms in total. The lowest BCUT2D eigenvalue weighted by atomic mass is 9.77. The lowest BCUT2D eigenvalue weighted by Gasteiger charge is -2.49. The number of aromatic nitrogens is 2. The summed E-state index contributed by atoms with van der Waals surface area (Å²) in [6.45, 7) is 6.94.